The largest absolute Gasteiger partial charge is 0.481 e. The second-order valence-corrected chi connectivity index (χ2v) is 8.44. The number of pyridine rings is 1. The van der Waals surface area contributed by atoms with Crippen LogP contribution in [0.5, 0.6) is 5.88 Å². The third kappa shape index (κ3) is 3.38. The zero-order chi connectivity index (χ0) is 19.7. The van der Waals surface area contributed by atoms with Gasteiger partial charge in [-0.1, -0.05) is 18.2 Å². The minimum atomic E-state index is -3.63. The molecule has 0 radical (unpaired) electrons. The van der Waals surface area contributed by atoms with Gasteiger partial charge < -0.3 is 9.64 Å². The Bertz CT molecular complexity index is 1110. The molecule has 1 fully saturated rings. The highest BCUT2D eigenvalue weighted by atomic mass is 32.2. The average Bonchev–Trinajstić information content (AvgIpc) is 2.73. The van der Waals surface area contributed by atoms with Gasteiger partial charge in [0.05, 0.1) is 12.6 Å². The molecule has 0 bridgehead atoms. The maximum atomic E-state index is 13.2. The second-order valence-electron chi connectivity index (χ2n) is 6.54. The molecule has 4 rings (SSSR count). The topological polar surface area (TPSA) is 88.5 Å². The molecule has 8 nitrogen and oxygen atoms in total. The summed E-state index contributed by atoms with van der Waals surface area (Å²) in [6, 6.07) is 10.7. The average molecular weight is 399 g/mol. The highest BCUT2D eigenvalue weighted by Crippen LogP contribution is 2.26. The van der Waals surface area contributed by atoms with Gasteiger partial charge in [-0.3, -0.25) is 4.98 Å². The van der Waals surface area contributed by atoms with E-state index in [2.05, 4.69) is 15.0 Å². The van der Waals surface area contributed by atoms with Crippen molar-refractivity contribution in [2.24, 2.45) is 0 Å². The van der Waals surface area contributed by atoms with Gasteiger partial charge in [0.1, 0.15) is 16.5 Å². The lowest BCUT2D eigenvalue weighted by Crippen LogP contribution is -2.49. The molecule has 0 unspecified atom stereocenters. The van der Waals surface area contributed by atoms with Crippen LogP contribution in [-0.4, -0.2) is 61.0 Å². The predicted octanol–water partition coefficient (Wildman–Crippen LogP) is 1.85. The first-order valence-electron chi connectivity index (χ1n) is 8.97. The van der Waals surface area contributed by atoms with Crippen molar-refractivity contribution in [2.45, 2.75) is 11.8 Å². The first-order valence-corrected chi connectivity index (χ1v) is 10.4. The highest BCUT2D eigenvalue weighted by molar-refractivity contribution is 7.89. The lowest BCUT2D eigenvalue weighted by molar-refractivity contribution is 0.380. The monoisotopic (exact) mass is 399 g/mol. The lowest BCUT2D eigenvalue weighted by Gasteiger charge is -2.34. The van der Waals surface area contributed by atoms with E-state index in [-0.39, 0.29) is 4.90 Å². The van der Waals surface area contributed by atoms with E-state index in [0.717, 1.165) is 11.2 Å². The molecule has 28 heavy (non-hydrogen) atoms. The van der Waals surface area contributed by atoms with E-state index in [1.807, 2.05) is 17.0 Å². The molecule has 1 aliphatic heterocycles. The fraction of sp³-hybridized carbons (Fsp3) is 0.316. The standard InChI is InChI=1S/C19H21N5O3S/c1-14-21-17(13-18(22-14)27-2)23-9-11-24(12-10-23)28(25,26)16-7-3-5-15-6-4-8-20-19(15)16/h3-8,13H,9-12H2,1-2H3. The number of para-hydroxylation sites is 1. The van der Waals surface area contributed by atoms with E-state index in [4.69, 9.17) is 4.74 Å². The van der Waals surface area contributed by atoms with Crippen molar-refractivity contribution in [3.05, 3.63) is 48.4 Å². The van der Waals surface area contributed by atoms with Gasteiger partial charge >= 0.3 is 0 Å². The number of ether oxygens (including phenoxy) is 1. The fourth-order valence-corrected chi connectivity index (χ4v) is 4.96. The van der Waals surface area contributed by atoms with Crippen LogP contribution in [0, 0.1) is 6.92 Å². The van der Waals surface area contributed by atoms with Crippen LogP contribution in [0.3, 0.4) is 0 Å². The first-order chi connectivity index (χ1) is 13.5. The Kier molecular flexibility index (Phi) is 4.86. The summed E-state index contributed by atoms with van der Waals surface area (Å²) in [6.45, 7) is 3.63. The third-order valence-corrected chi connectivity index (χ3v) is 6.72. The Morgan fingerprint density at radius 3 is 2.54 bits per heavy atom. The summed E-state index contributed by atoms with van der Waals surface area (Å²) in [5, 5.41) is 0.811. The van der Waals surface area contributed by atoms with Crippen molar-refractivity contribution in [3.63, 3.8) is 0 Å². The van der Waals surface area contributed by atoms with E-state index in [1.54, 1.807) is 44.5 Å². The fourth-order valence-electron chi connectivity index (χ4n) is 3.37. The molecule has 1 aromatic carbocycles. The SMILES string of the molecule is COc1cc(N2CCN(S(=O)(=O)c3cccc4cccnc34)CC2)nc(C)n1. The van der Waals surface area contributed by atoms with Crippen molar-refractivity contribution in [2.75, 3.05) is 38.2 Å². The quantitative estimate of drug-likeness (QED) is 0.661. The molecular weight excluding hydrogens is 378 g/mol. The van der Waals surface area contributed by atoms with Crippen molar-refractivity contribution < 1.29 is 13.2 Å². The number of aromatic nitrogens is 3. The number of fused-ring (bicyclic) bond motifs is 1. The van der Waals surface area contributed by atoms with Crippen LogP contribution in [0.4, 0.5) is 5.82 Å². The summed E-state index contributed by atoms with van der Waals surface area (Å²) in [7, 11) is -2.06. The molecule has 0 spiro atoms. The Hall–Kier alpha value is -2.78. The van der Waals surface area contributed by atoms with Crippen molar-refractivity contribution >= 4 is 26.7 Å². The Morgan fingerprint density at radius 1 is 1.04 bits per heavy atom. The number of methoxy groups -OCH3 is 1. The molecule has 0 aliphatic carbocycles. The van der Waals surface area contributed by atoms with E-state index >= 15 is 0 Å². The summed E-state index contributed by atoms with van der Waals surface area (Å²) in [4.78, 5) is 15.2. The number of hydrogen-bond donors (Lipinski definition) is 0. The number of piperazine rings is 1. The van der Waals surface area contributed by atoms with Gasteiger partial charge in [0.25, 0.3) is 0 Å². The summed E-state index contributed by atoms with van der Waals surface area (Å²) in [5.74, 6) is 1.86. The molecule has 0 N–H and O–H groups in total. The maximum absolute atomic E-state index is 13.2. The van der Waals surface area contributed by atoms with E-state index < -0.39 is 10.0 Å². The molecular formula is C19H21N5O3S. The van der Waals surface area contributed by atoms with Crippen LogP contribution in [0.1, 0.15) is 5.82 Å². The molecule has 146 valence electrons. The Labute approximate surface area is 163 Å². The van der Waals surface area contributed by atoms with Gasteiger partial charge in [0, 0.05) is 43.8 Å². The third-order valence-electron chi connectivity index (χ3n) is 4.79. The number of rotatable bonds is 4. The van der Waals surface area contributed by atoms with Gasteiger partial charge in [-0.25, -0.2) is 13.4 Å². The lowest BCUT2D eigenvalue weighted by atomic mass is 10.2. The summed E-state index contributed by atoms with van der Waals surface area (Å²) in [5.41, 5.74) is 0.503. The van der Waals surface area contributed by atoms with E-state index in [9.17, 15) is 8.42 Å². The van der Waals surface area contributed by atoms with Crippen molar-refractivity contribution in [1.29, 1.82) is 0 Å². The summed E-state index contributed by atoms with van der Waals surface area (Å²) in [6.07, 6.45) is 1.62. The first kappa shape index (κ1) is 18.6. The van der Waals surface area contributed by atoms with Crippen molar-refractivity contribution in [1.82, 2.24) is 19.3 Å². The zero-order valence-corrected chi connectivity index (χ0v) is 16.6. The second kappa shape index (κ2) is 7.33. The zero-order valence-electron chi connectivity index (χ0n) is 15.7. The number of aryl methyl sites for hydroxylation is 1. The van der Waals surface area contributed by atoms with Gasteiger partial charge in [0.2, 0.25) is 15.9 Å². The molecule has 2 aromatic heterocycles. The summed E-state index contributed by atoms with van der Waals surface area (Å²) < 4.78 is 33.2. The van der Waals surface area contributed by atoms with Crippen LogP contribution in [-0.2, 0) is 10.0 Å². The van der Waals surface area contributed by atoms with Gasteiger partial charge in [-0.05, 0) is 19.1 Å². The molecule has 0 saturated carbocycles. The number of anilines is 1. The normalized spacial score (nSPS) is 15.7. The Morgan fingerprint density at radius 2 is 1.79 bits per heavy atom. The predicted molar refractivity (Wildman–Crippen MR) is 106 cm³/mol. The van der Waals surface area contributed by atoms with Gasteiger partial charge in [-0.15, -0.1) is 0 Å². The highest BCUT2D eigenvalue weighted by Gasteiger charge is 2.30. The van der Waals surface area contributed by atoms with Crippen LogP contribution in [0.25, 0.3) is 10.9 Å². The minimum Gasteiger partial charge on any atom is -0.481 e. The van der Waals surface area contributed by atoms with Crippen LogP contribution < -0.4 is 9.64 Å². The van der Waals surface area contributed by atoms with Gasteiger partial charge in [0.15, 0.2) is 0 Å². The van der Waals surface area contributed by atoms with Crippen LogP contribution in [0.15, 0.2) is 47.5 Å². The molecule has 1 aliphatic rings. The number of hydrogen-bond acceptors (Lipinski definition) is 7. The molecule has 9 heteroatoms. The molecule has 3 heterocycles. The number of nitrogens with zero attached hydrogens (tertiary/aromatic N) is 5. The smallest absolute Gasteiger partial charge is 0.245 e. The maximum Gasteiger partial charge on any atom is 0.245 e. The van der Waals surface area contributed by atoms with E-state index in [0.29, 0.717) is 43.4 Å². The molecule has 3 aromatic rings. The number of benzene rings is 1. The van der Waals surface area contributed by atoms with Crippen molar-refractivity contribution in [3.8, 4) is 5.88 Å². The van der Waals surface area contributed by atoms with Crippen LogP contribution >= 0.6 is 0 Å². The molecule has 1 saturated heterocycles. The minimum absolute atomic E-state index is 0.249. The molecule has 0 atom stereocenters. The number of sulfonamides is 1. The van der Waals surface area contributed by atoms with E-state index in [1.165, 1.54) is 4.31 Å². The molecule has 0 amide bonds. The Balaban J connectivity index is 1.57. The van der Waals surface area contributed by atoms with Gasteiger partial charge in [-0.2, -0.15) is 9.29 Å². The summed E-state index contributed by atoms with van der Waals surface area (Å²) >= 11 is 0. The van der Waals surface area contributed by atoms with Crippen LogP contribution in [0.2, 0.25) is 0 Å².